The summed E-state index contributed by atoms with van der Waals surface area (Å²) in [6.45, 7) is 0. The normalized spacial score (nSPS) is 13.3. The molecule has 78 valence electrons. The van der Waals surface area contributed by atoms with E-state index in [1.54, 1.807) is 6.07 Å². The van der Waals surface area contributed by atoms with Crippen molar-refractivity contribution < 1.29 is 13.2 Å². The Hall–Kier alpha value is -0.550. The molecule has 5 heteroatoms. The van der Waals surface area contributed by atoms with E-state index in [0.29, 0.717) is 0 Å². The molecule has 1 rings (SSSR count). The summed E-state index contributed by atoms with van der Waals surface area (Å²) in [4.78, 5) is 0. The summed E-state index contributed by atoms with van der Waals surface area (Å²) in [6.07, 6.45) is -3.06. The molecule has 0 radical (unpaired) electrons. The molecule has 14 heavy (non-hydrogen) atoms. The minimum atomic E-state index is -2.52. The summed E-state index contributed by atoms with van der Waals surface area (Å²) in [6, 6.07) is 3.50. The molecule has 0 heterocycles. The largest absolute Gasteiger partial charge is 0.324 e. The number of hydrogen-bond donors (Lipinski definition) is 1. The predicted octanol–water partition coefficient (Wildman–Crippen LogP) is 3.24. The van der Waals surface area contributed by atoms with E-state index in [2.05, 4.69) is 15.9 Å². The fourth-order valence-corrected chi connectivity index (χ4v) is 1.51. The van der Waals surface area contributed by atoms with Crippen LogP contribution in [-0.2, 0) is 0 Å². The van der Waals surface area contributed by atoms with Crippen molar-refractivity contribution in [3.05, 3.63) is 34.1 Å². The fraction of sp³-hybridized carbons (Fsp3) is 0.333. The van der Waals surface area contributed by atoms with E-state index in [0.717, 1.165) is 0 Å². The van der Waals surface area contributed by atoms with Crippen LogP contribution in [0.3, 0.4) is 0 Å². The van der Waals surface area contributed by atoms with Gasteiger partial charge in [0.1, 0.15) is 5.82 Å². The molecule has 0 saturated carbocycles. The van der Waals surface area contributed by atoms with Crippen LogP contribution in [0.15, 0.2) is 22.7 Å². The molecule has 0 aromatic heterocycles. The topological polar surface area (TPSA) is 26.0 Å². The van der Waals surface area contributed by atoms with E-state index in [-0.39, 0.29) is 10.0 Å². The molecule has 0 unspecified atom stereocenters. The zero-order valence-corrected chi connectivity index (χ0v) is 8.77. The zero-order valence-electron chi connectivity index (χ0n) is 7.18. The Kier molecular flexibility index (Phi) is 3.95. The van der Waals surface area contributed by atoms with Crippen molar-refractivity contribution in [2.24, 2.45) is 5.73 Å². The monoisotopic (exact) mass is 267 g/mol. The quantitative estimate of drug-likeness (QED) is 0.894. The van der Waals surface area contributed by atoms with Gasteiger partial charge in [-0.25, -0.2) is 13.2 Å². The van der Waals surface area contributed by atoms with Gasteiger partial charge in [0, 0.05) is 18.0 Å². The van der Waals surface area contributed by atoms with Gasteiger partial charge in [-0.3, -0.25) is 0 Å². The standard InChI is InChI=1S/C9H9BrF3N/c10-6-3-1-2-5(9(6)13)7(14)4-8(11)12/h1-3,7-8H,4,14H2/t7-/m1/s1. The van der Waals surface area contributed by atoms with Gasteiger partial charge in [0.2, 0.25) is 6.43 Å². The fourth-order valence-electron chi connectivity index (χ4n) is 1.13. The molecule has 0 bridgehead atoms. The lowest BCUT2D eigenvalue weighted by Crippen LogP contribution is -2.15. The van der Waals surface area contributed by atoms with Gasteiger partial charge in [0.05, 0.1) is 4.47 Å². The lowest BCUT2D eigenvalue weighted by Gasteiger charge is -2.12. The highest BCUT2D eigenvalue weighted by Crippen LogP contribution is 2.25. The lowest BCUT2D eigenvalue weighted by atomic mass is 10.0. The van der Waals surface area contributed by atoms with Gasteiger partial charge in [-0.2, -0.15) is 0 Å². The molecule has 1 aromatic carbocycles. The van der Waals surface area contributed by atoms with E-state index in [1.165, 1.54) is 12.1 Å². The number of rotatable bonds is 3. The van der Waals surface area contributed by atoms with Crippen molar-refractivity contribution in [2.45, 2.75) is 18.9 Å². The van der Waals surface area contributed by atoms with Crippen LogP contribution in [0.4, 0.5) is 13.2 Å². The van der Waals surface area contributed by atoms with Gasteiger partial charge < -0.3 is 5.73 Å². The van der Waals surface area contributed by atoms with Crippen molar-refractivity contribution in [3.63, 3.8) is 0 Å². The Morgan fingerprint density at radius 1 is 1.36 bits per heavy atom. The van der Waals surface area contributed by atoms with Crippen LogP contribution in [0, 0.1) is 5.82 Å². The Bertz CT molecular complexity index is 317. The maximum Gasteiger partial charge on any atom is 0.240 e. The first kappa shape index (κ1) is 11.5. The van der Waals surface area contributed by atoms with Crippen LogP contribution >= 0.6 is 15.9 Å². The third-order valence-corrected chi connectivity index (χ3v) is 2.43. The Morgan fingerprint density at radius 3 is 2.57 bits per heavy atom. The Labute approximate surface area is 88.2 Å². The van der Waals surface area contributed by atoms with E-state index in [9.17, 15) is 13.2 Å². The maximum atomic E-state index is 13.3. The maximum absolute atomic E-state index is 13.3. The van der Waals surface area contributed by atoms with Crippen molar-refractivity contribution in [1.82, 2.24) is 0 Å². The summed E-state index contributed by atoms with van der Waals surface area (Å²) in [5.74, 6) is -0.569. The predicted molar refractivity (Wildman–Crippen MR) is 51.6 cm³/mol. The van der Waals surface area contributed by atoms with Crippen LogP contribution in [0.1, 0.15) is 18.0 Å². The minimum absolute atomic E-state index is 0.111. The van der Waals surface area contributed by atoms with Crippen LogP contribution in [-0.4, -0.2) is 6.43 Å². The van der Waals surface area contributed by atoms with Crippen molar-refractivity contribution in [1.29, 1.82) is 0 Å². The molecular weight excluding hydrogens is 259 g/mol. The number of alkyl halides is 2. The summed E-state index contributed by atoms with van der Waals surface area (Å²) in [7, 11) is 0. The van der Waals surface area contributed by atoms with E-state index in [4.69, 9.17) is 5.73 Å². The van der Waals surface area contributed by atoms with Crippen LogP contribution in [0.25, 0.3) is 0 Å². The van der Waals surface area contributed by atoms with E-state index in [1.807, 2.05) is 0 Å². The number of benzene rings is 1. The summed E-state index contributed by atoms with van der Waals surface area (Å²) in [5.41, 5.74) is 5.54. The highest BCUT2D eigenvalue weighted by molar-refractivity contribution is 9.10. The van der Waals surface area contributed by atoms with E-state index >= 15 is 0 Å². The Balaban J connectivity index is 2.89. The van der Waals surface area contributed by atoms with Crippen molar-refractivity contribution in [3.8, 4) is 0 Å². The van der Waals surface area contributed by atoms with Gasteiger partial charge in [-0.05, 0) is 22.0 Å². The average molecular weight is 268 g/mol. The molecule has 0 aliphatic carbocycles. The molecule has 0 aliphatic heterocycles. The van der Waals surface area contributed by atoms with Crippen LogP contribution < -0.4 is 5.73 Å². The molecule has 0 aliphatic rings. The third-order valence-electron chi connectivity index (χ3n) is 1.81. The van der Waals surface area contributed by atoms with Gasteiger partial charge in [-0.1, -0.05) is 12.1 Å². The summed E-state index contributed by atoms with van der Waals surface area (Å²) >= 11 is 2.96. The zero-order chi connectivity index (χ0) is 10.7. The van der Waals surface area contributed by atoms with Crippen LogP contribution in [0.5, 0.6) is 0 Å². The molecule has 1 aromatic rings. The molecule has 0 amide bonds. The second-order valence-corrected chi connectivity index (χ2v) is 3.73. The SMILES string of the molecule is N[C@H](CC(F)F)c1cccc(Br)c1F. The smallest absolute Gasteiger partial charge is 0.240 e. The van der Waals surface area contributed by atoms with Gasteiger partial charge >= 0.3 is 0 Å². The highest BCUT2D eigenvalue weighted by atomic mass is 79.9. The first-order chi connectivity index (χ1) is 6.52. The first-order valence-electron chi connectivity index (χ1n) is 4.00. The van der Waals surface area contributed by atoms with Crippen molar-refractivity contribution in [2.75, 3.05) is 0 Å². The first-order valence-corrected chi connectivity index (χ1v) is 4.79. The Morgan fingerprint density at radius 2 is 2.00 bits per heavy atom. The van der Waals surface area contributed by atoms with Crippen molar-refractivity contribution >= 4 is 15.9 Å². The molecule has 1 nitrogen and oxygen atoms in total. The third kappa shape index (κ3) is 2.72. The highest BCUT2D eigenvalue weighted by Gasteiger charge is 2.17. The molecular formula is C9H9BrF3N. The summed E-state index contributed by atoms with van der Waals surface area (Å²) < 4.78 is 37.5. The van der Waals surface area contributed by atoms with Gasteiger partial charge in [0.15, 0.2) is 0 Å². The number of nitrogens with two attached hydrogens (primary N) is 1. The second kappa shape index (κ2) is 4.79. The average Bonchev–Trinajstić information content (AvgIpc) is 2.08. The molecule has 0 spiro atoms. The minimum Gasteiger partial charge on any atom is -0.324 e. The van der Waals surface area contributed by atoms with Crippen LogP contribution in [0.2, 0.25) is 0 Å². The summed E-state index contributed by atoms with van der Waals surface area (Å²) in [5, 5.41) is 0. The molecule has 0 saturated heterocycles. The number of halogens is 4. The second-order valence-electron chi connectivity index (χ2n) is 2.88. The lowest BCUT2D eigenvalue weighted by molar-refractivity contribution is 0.128. The van der Waals surface area contributed by atoms with Gasteiger partial charge in [-0.15, -0.1) is 0 Å². The van der Waals surface area contributed by atoms with E-state index < -0.39 is 24.7 Å². The number of hydrogen-bond acceptors (Lipinski definition) is 1. The molecule has 2 N–H and O–H groups in total. The molecule has 0 fully saturated rings. The molecule has 1 atom stereocenters. The van der Waals surface area contributed by atoms with Gasteiger partial charge in [0.25, 0.3) is 0 Å².